The molecule has 158 valence electrons. The molecule has 2 saturated heterocycles. The summed E-state index contributed by atoms with van der Waals surface area (Å²) in [5.41, 5.74) is 0.680. The second kappa shape index (κ2) is 9.10. The number of anilines is 1. The Morgan fingerprint density at radius 2 is 1.79 bits per heavy atom. The molecule has 3 rings (SSSR count). The first-order chi connectivity index (χ1) is 13.8. The van der Waals surface area contributed by atoms with Crippen LogP contribution in [0.4, 0.5) is 10.1 Å². The van der Waals surface area contributed by atoms with E-state index in [1.807, 2.05) is 15.9 Å². The molecule has 2 heterocycles. The number of ether oxygens (including phenoxy) is 1. The van der Waals surface area contributed by atoms with Gasteiger partial charge < -0.3 is 14.5 Å². The zero-order valence-corrected chi connectivity index (χ0v) is 17.8. The molecule has 2 fully saturated rings. The summed E-state index contributed by atoms with van der Waals surface area (Å²) < 4.78 is 19.8. The molecule has 1 amide bonds. The molecule has 7 heteroatoms. The summed E-state index contributed by atoms with van der Waals surface area (Å²) in [4.78, 5) is 19.6. The molecule has 3 unspecified atom stereocenters. The second-order valence-corrected chi connectivity index (χ2v) is 8.46. The Balaban J connectivity index is 1.68. The van der Waals surface area contributed by atoms with E-state index in [1.54, 1.807) is 12.1 Å². The maximum absolute atomic E-state index is 13.9. The number of hydrogen-bond acceptors (Lipinski definition) is 5. The molecule has 3 atom stereocenters. The Hall–Kier alpha value is -2.17. The fraction of sp³-hybridized carbons (Fsp3) is 0.636. The van der Waals surface area contributed by atoms with Crippen LogP contribution in [0.1, 0.15) is 33.3 Å². The topological polar surface area (TPSA) is 59.8 Å². The molecule has 0 spiro atoms. The number of amides is 1. The van der Waals surface area contributed by atoms with Gasteiger partial charge in [-0.05, 0) is 31.9 Å². The van der Waals surface area contributed by atoms with Crippen LogP contribution in [0.5, 0.6) is 0 Å². The smallest absolute Gasteiger partial charge is 0.240 e. The van der Waals surface area contributed by atoms with Gasteiger partial charge in [0.15, 0.2) is 0 Å². The molecular formula is C22H31FN4O2. The van der Waals surface area contributed by atoms with Gasteiger partial charge in [0.1, 0.15) is 17.4 Å². The van der Waals surface area contributed by atoms with E-state index in [2.05, 4.69) is 32.6 Å². The highest BCUT2D eigenvalue weighted by Crippen LogP contribution is 2.25. The number of piperazine rings is 1. The van der Waals surface area contributed by atoms with E-state index < -0.39 is 5.82 Å². The van der Waals surface area contributed by atoms with Gasteiger partial charge in [-0.15, -0.1) is 0 Å². The summed E-state index contributed by atoms with van der Waals surface area (Å²) in [6, 6.07) is 6.50. The number of morpholine rings is 1. The van der Waals surface area contributed by atoms with Crippen molar-refractivity contribution in [3.8, 4) is 6.07 Å². The molecular weight excluding hydrogens is 371 g/mol. The van der Waals surface area contributed by atoms with Crippen molar-refractivity contribution < 1.29 is 13.9 Å². The Kier molecular flexibility index (Phi) is 6.76. The Labute approximate surface area is 172 Å². The lowest BCUT2D eigenvalue weighted by Crippen LogP contribution is -2.60. The first-order valence-corrected chi connectivity index (χ1v) is 10.4. The number of hydrogen-bond donors (Lipinski definition) is 0. The van der Waals surface area contributed by atoms with Crippen molar-refractivity contribution in [2.75, 3.05) is 44.2 Å². The van der Waals surface area contributed by atoms with E-state index in [4.69, 9.17) is 4.74 Å². The monoisotopic (exact) mass is 402 g/mol. The lowest BCUT2D eigenvalue weighted by Gasteiger charge is -2.44. The van der Waals surface area contributed by atoms with Gasteiger partial charge >= 0.3 is 0 Å². The number of benzene rings is 1. The van der Waals surface area contributed by atoms with Crippen LogP contribution < -0.4 is 4.90 Å². The van der Waals surface area contributed by atoms with Gasteiger partial charge in [-0.25, -0.2) is 4.39 Å². The number of carbonyl (C=O) groups is 1. The predicted octanol–water partition coefficient (Wildman–Crippen LogP) is 2.48. The van der Waals surface area contributed by atoms with Crippen molar-refractivity contribution >= 4 is 11.6 Å². The van der Waals surface area contributed by atoms with Crippen molar-refractivity contribution in [3.63, 3.8) is 0 Å². The van der Waals surface area contributed by atoms with Gasteiger partial charge in [-0.1, -0.05) is 19.9 Å². The van der Waals surface area contributed by atoms with Crippen LogP contribution in [0.2, 0.25) is 0 Å². The zero-order chi connectivity index (χ0) is 21.1. The van der Waals surface area contributed by atoms with Crippen LogP contribution in [0.3, 0.4) is 0 Å². The number of nitriles is 1. The summed E-state index contributed by atoms with van der Waals surface area (Å²) in [6.07, 6.45) is 0.226. The van der Waals surface area contributed by atoms with Gasteiger partial charge in [0.25, 0.3) is 0 Å². The molecule has 0 N–H and O–H groups in total. The van der Waals surface area contributed by atoms with E-state index in [9.17, 15) is 14.4 Å². The number of rotatable bonds is 4. The van der Waals surface area contributed by atoms with Crippen LogP contribution in [-0.2, 0) is 9.53 Å². The van der Waals surface area contributed by atoms with Crippen LogP contribution in [-0.4, -0.2) is 73.2 Å². The largest absolute Gasteiger partial charge is 0.373 e. The Bertz CT molecular complexity index is 761. The highest BCUT2D eigenvalue weighted by atomic mass is 19.1. The minimum absolute atomic E-state index is 0.0728. The van der Waals surface area contributed by atoms with E-state index in [1.165, 1.54) is 6.07 Å². The molecule has 0 saturated carbocycles. The first kappa shape index (κ1) is 21.5. The van der Waals surface area contributed by atoms with Crippen LogP contribution in [0.25, 0.3) is 0 Å². The minimum Gasteiger partial charge on any atom is -0.373 e. The van der Waals surface area contributed by atoms with Gasteiger partial charge in [0, 0.05) is 39.3 Å². The van der Waals surface area contributed by atoms with E-state index in [0.29, 0.717) is 31.9 Å². The molecule has 29 heavy (non-hydrogen) atoms. The molecule has 0 radical (unpaired) electrons. The van der Waals surface area contributed by atoms with Crippen LogP contribution in [0, 0.1) is 23.1 Å². The Morgan fingerprint density at radius 1 is 1.17 bits per heavy atom. The zero-order valence-electron chi connectivity index (χ0n) is 17.8. The van der Waals surface area contributed by atoms with Crippen molar-refractivity contribution in [2.45, 2.75) is 45.9 Å². The molecule has 1 aromatic rings. The number of nitrogens with zero attached hydrogens (tertiary/aromatic N) is 4. The summed E-state index contributed by atoms with van der Waals surface area (Å²) in [5, 5.41) is 9.29. The normalized spacial score (nSPS) is 24.4. The van der Waals surface area contributed by atoms with E-state index in [0.717, 1.165) is 13.1 Å². The quantitative estimate of drug-likeness (QED) is 0.774. The lowest BCUT2D eigenvalue weighted by atomic mass is 9.98. The molecule has 0 bridgehead atoms. The number of carbonyl (C=O) groups excluding carboxylic acids is 1. The van der Waals surface area contributed by atoms with Gasteiger partial charge in [-0.2, -0.15) is 5.26 Å². The van der Waals surface area contributed by atoms with Crippen LogP contribution >= 0.6 is 0 Å². The average molecular weight is 403 g/mol. The summed E-state index contributed by atoms with van der Waals surface area (Å²) >= 11 is 0. The van der Waals surface area contributed by atoms with Crippen molar-refractivity contribution in [1.82, 2.24) is 9.80 Å². The number of halogens is 1. The van der Waals surface area contributed by atoms with Crippen molar-refractivity contribution in [2.24, 2.45) is 5.92 Å². The maximum atomic E-state index is 13.9. The van der Waals surface area contributed by atoms with Crippen molar-refractivity contribution in [3.05, 3.63) is 29.6 Å². The third-order valence-corrected chi connectivity index (χ3v) is 5.76. The molecule has 2 aliphatic heterocycles. The van der Waals surface area contributed by atoms with Gasteiger partial charge in [-0.3, -0.25) is 9.69 Å². The van der Waals surface area contributed by atoms with E-state index in [-0.39, 0.29) is 35.6 Å². The van der Waals surface area contributed by atoms with Gasteiger partial charge in [0.2, 0.25) is 5.91 Å². The average Bonchev–Trinajstić information content (AvgIpc) is 2.67. The molecule has 0 aromatic heterocycles. The standard InChI is InChI=1S/C22H31FN4O2/c1-15(2)21(27-13-16(3)29-17(4)14-27)22(28)26-10-8-25(9-11-26)20-7-5-6-19(23)18(20)12-24/h5-7,15-17,21H,8-11,13-14H2,1-4H3. The third kappa shape index (κ3) is 4.71. The molecule has 6 nitrogen and oxygen atoms in total. The third-order valence-electron chi connectivity index (χ3n) is 5.76. The van der Waals surface area contributed by atoms with Gasteiger partial charge in [0.05, 0.1) is 23.9 Å². The SMILES string of the molecule is CC1CN(C(C(=O)N2CCN(c3cccc(F)c3C#N)CC2)C(C)C)CC(C)O1. The van der Waals surface area contributed by atoms with Crippen molar-refractivity contribution in [1.29, 1.82) is 5.26 Å². The maximum Gasteiger partial charge on any atom is 0.240 e. The highest BCUT2D eigenvalue weighted by Gasteiger charge is 2.37. The summed E-state index contributed by atoms with van der Waals surface area (Å²) in [5.74, 6) is -0.147. The predicted molar refractivity (Wildman–Crippen MR) is 110 cm³/mol. The summed E-state index contributed by atoms with van der Waals surface area (Å²) in [6.45, 7) is 12.1. The van der Waals surface area contributed by atoms with Crippen LogP contribution in [0.15, 0.2) is 18.2 Å². The lowest BCUT2D eigenvalue weighted by molar-refractivity contribution is -0.145. The second-order valence-electron chi connectivity index (χ2n) is 8.46. The highest BCUT2D eigenvalue weighted by molar-refractivity contribution is 5.82. The van der Waals surface area contributed by atoms with E-state index >= 15 is 0 Å². The fourth-order valence-corrected chi connectivity index (χ4v) is 4.55. The molecule has 2 aliphatic rings. The molecule has 1 aromatic carbocycles. The molecule has 0 aliphatic carbocycles. The summed E-state index contributed by atoms with van der Waals surface area (Å²) in [7, 11) is 0. The Morgan fingerprint density at radius 3 is 2.34 bits per heavy atom. The first-order valence-electron chi connectivity index (χ1n) is 10.4. The fourth-order valence-electron chi connectivity index (χ4n) is 4.55. The minimum atomic E-state index is -0.501.